The van der Waals surface area contributed by atoms with Crippen LogP contribution in [0.3, 0.4) is 0 Å². The molecule has 174 valence electrons. The Hall–Kier alpha value is -3.02. The first-order valence-electron chi connectivity index (χ1n) is 11.9. The summed E-state index contributed by atoms with van der Waals surface area (Å²) in [6, 6.07) is 17.1. The van der Waals surface area contributed by atoms with Crippen molar-refractivity contribution in [2.24, 2.45) is 21.5 Å². The minimum absolute atomic E-state index is 0.0879. The van der Waals surface area contributed by atoms with Gasteiger partial charge >= 0.3 is 0 Å². The first-order valence-corrected chi connectivity index (χ1v) is 11.9. The van der Waals surface area contributed by atoms with E-state index in [0.29, 0.717) is 5.69 Å². The van der Waals surface area contributed by atoms with Crippen LogP contribution in [0.1, 0.15) is 71.1 Å². The van der Waals surface area contributed by atoms with Crippen molar-refractivity contribution in [3.8, 4) is 5.75 Å². The number of benzene rings is 2. The van der Waals surface area contributed by atoms with Crippen molar-refractivity contribution < 1.29 is 4.74 Å². The van der Waals surface area contributed by atoms with Gasteiger partial charge in [0, 0.05) is 5.69 Å². The number of aliphatic imine (C=N–C) groups is 2. The molecule has 6 heteroatoms. The quantitative estimate of drug-likeness (QED) is 0.182. The van der Waals surface area contributed by atoms with Gasteiger partial charge in [0.1, 0.15) is 5.75 Å². The third-order valence-electron chi connectivity index (χ3n) is 5.13. The lowest BCUT2D eigenvalue weighted by Gasteiger charge is -2.07. The van der Waals surface area contributed by atoms with E-state index in [2.05, 4.69) is 22.2 Å². The second-order valence-electron chi connectivity index (χ2n) is 7.98. The van der Waals surface area contributed by atoms with E-state index in [0.717, 1.165) is 24.5 Å². The zero-order valence-corrected chi connectivity index (χ0v) is 19.4. The van der Waals surface area contributed by atoms with Crippen LogP contribution < -0.4 is 21.5 Å². The van der Waals surface area contributed by atoms with Gasteiger partial charge in [0.15, 0.2) is 0 Å². The second-order valence-corrected chi connectivity index (χ2v) is 7.98. The first-order chi connectivity index (χ1) is 15.7. The van der Waals surface area contributed by atoms with E-state index in [1.165, 1.54) is 57.8 Å². The lowest BCUT2D eigenvalue weighted by atomic mass is 10.1. The van der Waals surface area contributed by atoms with Gasteiger partial charge in [-0.2, -0.15) is 4.99 Å². The Balaban J connectivity index is 1.62. The predicted octanol–water partition coefficient (Wildman–Crippen LogP) is 6.36. The highest BCUT2D eigenvalue weighted by molar-refractivity contribution is 6.01. The van der Waals surface area contributed by atoms with Crippen molar-refractivity contribution in [3.63, 3.8) is 0 Å². The van der Waals surface area contributed by atoms with Crippen molar-refractivity contribution in [2.75, 3.05) is 11.9 Å². The van der Waals surface area contributed by atoms with Crippen molar-refractivity contribution in [2.45, 2.75) is 71.1 Å². The Kier molecular flexibility index (Phi) is 12.4. The first kappa shape index (κ1) is 25.2. The van der Waals surface area contributed by atoms with E-state index in [4.69, 9.17) is 16.2 Å². The van der Waals surface area contributed by atoms with Crippen molar-refractivity contribution >= 4 is 23.3 Å². The minimum atomic E-state index is 0.0879. The van der Waals surface area contributed by atoms with E-state index in [9.17, 15) is 0 Å². The molecule has 0 aliphatic heterocycles. The van der Waals surface area contributed by atoms with E-state index in [-0.39, 0.29) is 11.9 Å². The van der Waals surface area contributed by atoms with Gasteiger partial charge in [-0.15, -0.1) is 0 Å². The molecule has 32 heavy (non-hydrogen) atoms. The van der Waals surface area contributed by atoms with Crippen molar-refractivity contribution in [1.82, 2.24) is 0 Å². The molecule has 0 aliphatic carbocycles. The average Bonchev–Trinajstić information content (AvgIpc) is 2.79. The van der Waals surface area contributed by atoms with Crippen LogP contribution in [0.25, 0.3) is 0 Å². The molecule has 6 nitrogen and oxygen atoms in total. The topological polar surface area (TPSA) is 98.0 Å². The summed E-state index contributed by atoms with van der Waals surface area (Å²) in [5, 5.41) is 2.97. The van der Waals surface area contributed by atoms with Gasteiger partial charge in [0.25, 0.3) is 0 Å². The number of rotatable bonds is 14. The summed E-state index contributed by atoms with van der Waals surface area (Å²) in [6.07, 6.45) is 13.2. The Morgan fingerprint density at radius 1 is 0.781 bits per heavy atom. The molecule has 0 bridgehead atoms. The third kappa shape index (κ3) is 11.4. The highest BCUT2D eigenvalue weighted by Gasteiger charge is 1.99. The fraction of sp³-hybridized carbons (Fsp3) is 0.462. The molecule has 0 saturated carbocycles. The van der Waals surface area contributed by atoms with Crippen LogP contribution in [0.2, 0.25) is 0 Å². The molecule has 0 amide bonds. The highest BCUT2D eigenvalue weighted by atomic mass is 16.5. The zero-order valence-electron chi connectivity index (χ0n) is 19.4. The van der Waals surface area contributed by atoms with Crippen LogP contribution in [0.4, 0.5) is 11.4 Å². The van der Waals surface area contributed by atoms with Gasteiger partial charge in [0.2, 0.25) is 11.9 Å². The molecule has 0 aliphatic rings. The number of unbranched alkanes of at least 4 members (excludes halogenated alkanes) is 9. The van der Waals surface area contributed by atoms with E-state index in [1.807, 2.05) is 54.6 Å². The Morgan fingerprint density at radius 2 is 1.38 bits per heavy atom. The molecule has 0 atom stereocenters. The molecule has 0 fully saturated rings. The molecule has 2 aromatic carbocycles. The summed E-state index contributed by atoms with van der Waals surface area (Å²) in [5.74, 6) is 1.12. The smallest absolute Gasteiger partial charge is 0.223 e. The van der Waals surface area contributed by atoms with Crippen LogP contribution in [-0.2, 0) is 0 Å². The standard InChI is InChI=1S/C26H39N5O/c1-2-3-4-5-6-7-8-9-10-14-21-32-24-19-17-23(18-20-24)30-26(28)31-25(27)29-22-15-12-11-13-16-22/h11-13,15-20H,2-10,14,21H2,1H3,(H5,27,28,29,30,31). The summed E-state index contributed by atoms with van der Waals surface area (Å²) >= 11 is 0. The Bertz CT molecular complexity index is 803. The largest absolute Gasteiger partial charge is 0.494 e. The molecule has 2 aromatic rings. The predicted molar refractivity (Wildman–Crippen MR) is 137 cm³/mol. The third-order valence-corrected chi connectivity index (χ3v) is 5.13. The zero-order chi connectivity index (χ0) is 22.9. The molecule has 2 rings (SSSR count). The normalized spacial score (nSPS) is 12.0. The van der Waals surface area contributed by atoms with E-state index in [1.54, 1.807) is 0 Å². The molecule has 0 unspecified atom stereocenters. The van der Waals surface area contributed by atoms with Crippen molar-refractivity contribution in [1.29, 1.82) is 0 Å². The molecule has 0 aromatic heterocycles. The maximum absolute atomic E-state index is 5.89. The second kappa shape index (κ2) is 15.7. The lowest BCUT2D eigenvalue weighted by Crippen LogP contribution is -2.25. The monoisotopic (exact) mass is 437 g/mol. The average molecular weight is 438 g/mol. The molecule has 5 N–H and O–H groups in total. The SMILES string of the molecule is CCCCCCCCCCCCOc1ccc(N=C(N)/N=C(\N)Nc2ccccc2)cc1. The van der Waals surface area contributed by atoms with Gasteiger partial charge in [-0.25, -0.2) is 4.99 Å². The summed E-state index contributed by atoms with van der Waals surface area (Å²) in [6.45, 7) is 3.01. The summed E-state index contributed by atoms with van der Waals surface area (Å²) in [4.78, 5) is 8.35. The number of hydrogen-bond acceptors (Lipinski definition) is 2. The molecule has 0 heterocycles. The number of hydrogen-bond donors (Lipinski definition) is 3. The van der Waals surface area contributed by atoms with Gasteiger partial charge in [0.05, 0.1) is 12.3 Å². The van der Waals surface area contributed by atoms with E-state index >= 15 is 0 Å². The summed E-state index contributed by atoms with van der Waals surface area (Å²) in [7, 11) is 0. The maximum Gasteiger partial charge on any atom is 0.223 e. The number of nitrogens with one attached hydrogen (secondary N) is 1. The summed E-state index contributed by atoms with van der Waals surface area (Å²) in [5.41, 5.74) is 13.3. The van der Waals surface area contributed by atoms with Crippen LogP contribution in [0, 0.1) is 0 Å². The molecule has 0 saturated heterocycles. The van der Waals surface area contributed by atoms with Gasteiger partial charge in [-0.3, -0.25) is 0 Å². The fourth-order valence-corrected chi connectivity index (χ4v) is 3.37. The summed E-state index contributed by atoms with van der Waals surface area (Å²) < 4.78 is 5.83. The number of nitrogens with zero attached hydrogens (tertiary/aromatic N) is 2. The van der Waals surface area contributed by atoms with Gasteiger partial charge in [-0.1, -0.05) is 82.9 Å². The van der Waals surface area contributed by atoms with Crippen molar-refractivity contribution in [3.05, 3.63) is 54.6 Å². The maximum atomic E-state index is 5.89. The highest BCUT2D eigenvalue weighted by Crippen LogP contribution is 2.19. The lowest BCUT2D eigenvalue weighted by molar-refractivity contribution is 0.304. The van der Waals surface area contributed by atoms with Crippen LogP contribution in [0.15, 0.2) is 64.6 Å². The molecular weight excluding hydrogens is 398 g/mol. The van der Waals surface area contributed by atoms with Gasteiger partial charge < -0.3 is 21.5 Å². The number of guanidine groups is 2. The molecule has 0 spiro atoms. The Morgan fingerprint density at radius 3 is 2.00 bits per heavy atom. The van der Waals surface area contributed by atoms with E-state index < -0.39 is 0 Å². The number of para-hydroxylation sites is 1. The number of anilines is 1. The number of ether oxygens (including phenoxy) is 1. The van der Waals surface area contributed by atoms with Gasteiger partial charge in [-0.05, 0) is 42.8 Å². The Labute approximate surface area is 193 Å². The van der Waals surface area contributed by atoms with Crippen LogP contribution in [-0.4, -0.2) is 18.5 Å². The number of nitrogens with two attached hydrogens (primary N) is 2. The molecule has 0 radical (unpaired) electrons. The van der Waals surface area contributed by atoms with Crippen LogP contribution >= 0.6 is 0 Å². The fourth-order valence-electron chi connectivity index (χ4n) is 3.37. The minimum Gasteiger partial charge on any atom is -0.494 e. The molecular formula is C26H39N5O. The van der Waals surface area contributed by atoms with Crippen LogP contribution in [0.5, 0.6) is 5.75 Å².